The summed E-state index contributed by atoms with van der Waals surface area (Å²) in [5, 5.41) is 31.6. The molecule has 156 valence electrons. The Morgan fingerprint density at radius 2 is 1.57 bits per heavy atom. The highest BCUT2D eigenvalue weighted by molar-refractivity contribution is 7.89. The van der Waals surface area contributed by atoms with Crippen molar-refractivity contribution in [2.45, 2.75) is 17.1 Å². The van der Waals surface area contributed by atoms with Crippen molar-refractivity contribution in [2.75, 3.05) is 31.1 Å². The van der Waals surface area contributed by atoms with Crippen LogP contribution in [-0.2, 0) is 10.0 Å². The summed E-state index contributed by atoms with van der Waals surface area (Å²) in [6.45, 7) is 0.778. The largest absolute Gasteiger partial charge is 0.390 e. The van der Waals surface area contributed by atoms with Crippen LogP contribution in [-0.4, -0.2) is 71.2 Å². The zero-order valence-corrected chi connectivity index (χ0v) is 16.5. The van der Waals surface area contributed by atoms with Crippen LogP contribution in [0.25, 0.3) is 21.8 Å². The molecule has 0 aliphatic carbocycles. The van der Waals surface area contributed by atoms with Gasteiger partial charge in [-0.25, -0.2) is 13.4 Å². The number of sulfonamides is 1. The molecule has 5 rings (SSSR count). The van der Waals surface area contributed by atoms with Gasteiger partial charge in [0.1, 0.15) is 0 Å². The third-order valence-electron chi connectivity index (χ3n) is 5.56. The van der Waals surface area contributed by atoms with Crippen molar-refractivity contribution in [1.82, 2.24) is 9.29 Å². The molecule has 11 heteroatoms. The minimum Gasteiger partial charge on any atom is -0.390 e. The number of aromatic nitrogens is 1. The number of aliphatic hydroxyl groups is 2. The van der Waals surface area contributed by atoms with Crippen molar-refractivity contribution in [2.24, 2.45) is 0 Å². The van der Waals surface area contributed by atoms with Crippen LogP contribution in [0.4, 0.5) is 11.4 Å². The van der Waals surface area contributed by atoms with E-state index >= 15 is 0 Å². The average Bonchev–Trinajstić information content (AvgIpc) is 2.66. The zero-order valence-electron chi connectivity index (χ0n) is 15.7. The molecule has 10 nitrogen and oxygen atoms in total. The lowest BCUT2D eigenvalue weighted by molar-refractivity contribution is -0.384. The SMILES string of the molecule is O=[N+]([O-])c1ccc2nc3ccc(S(=O)(=O)N4CC(O)C4)cc3c(N3CC(O)C3)c2c1. The highest BCUT2D eigenvalue weighted by Crippen LogP contribution is 2.39. The highest BCUT2D eigenvalue weighted by atomic mass is 32.2. The van der Waals surface area contributed by atoms with E-state index in [0.717, 1.165) is 0 Å². The van der Waals surface area contributed by atoms with Crippen LogP contribution < -0.4 is 4.90 Å². The van der Waals surface area contributed by atoms with Crippen LogP contribution in [0.5, 0.6) is 0 Å². The predicted octanol–water partition coefficient (Wildman–Crippen LogP) is 0.842. The van der Waals surface area contributed by atoms with Gasteiger partial charge in [0.15, 0.2) is 0 Å². The van der Waals surface area contributed by atoms with Gasteiger partial charge in [-0.3, -0.25) is 10.1 Å². The van der Waals surface area contributed by atoms with Crippen molar-refractivity contribution >= 4 is 43.2 Å². The number of aliphatic hydroxyl groups excluding tert-OH is 2. The molecular formula is C19H18N4O6S. The summed E-state index contributed by atoms with van der Waals surface area (Å²) in [6.07, 6.45) is -1.18. The predicted molar refractivity (Wildman–Crippen MR) is 109 cm³/mol. The van der Waals surface area contributed by atoms with Gasteiger partial charge in [0, 0.05) is 49.1 Å². The second kappa shape index (κ2) is 6.57. The molecule has 0 bridgehead atoms. The van der Waals surface area contributed by atoms with E-state index < -0.39 is 27.2 Å². The first kappa shape index (κ1) is 19.1. The molecule has 2 aliphatic rings. The van der Waals surface area contributed by atoms with Crippen molar-refractivity contribution in [1.29, 1.82) is 0 Å². The number of anilines is 1. The maximum Gasteiger partial charge on any atom is 0.270 e. The van der Waals surface area contributed by atoms with Crippen molar-refractivity contribution in [3.63, 3.8) is 0 Å². The van der Waals surface area contributed by atoms with E-state index in [0.29, 0.717) is 40.6 Å². The smallest absolute Gasteiger partial charge is 0.270 e. The Morgan fingerprint density at radius 3 is 2.17 bits per heavy atom. The number of fused-ring (bicyclic) bond motifs is 2. The zero-order chi connectivity index (χ0) is 21.2. The summed E-state index contributed by atoms with van der Waals surface area (Å²) in [5.74, 6) is 0. The Bertz CT molecular complexity index is 1300. The summed E-state index contributed by atoms with van der Waals surface area (Å²) in [5.41, 5.74) is 1.62. The number of nitrogens with zero attached hydrogens (tertiary/aromatic N) is 4. The number of hydrogen-bond donors (Lipinski definition) is 2. The number of pyridine rings is 1. The number of hydrogen-bond acceptors (Lipinski definition) is 8. The number of benzene rings is 2. The molecule has 2 saturated heterocycles. The average molecular weight is 430 g/mol. The van der Waals surface area contributed by atoms with Crippen LogP contribution in [0, 0.1) is 10.1 Å². The van der Waals surface area contributed by atoms with Crippen molar-refractivity contribution < 1.29 is 23.6 Å². The Morgan fingerprint density at radius 1 is 0.967 bits per heavy atom. The van der Waals surface area contributed by atoms with Gasteiger partial charge in [0.2, 0.25) is 10.0 Å². The fourth-order valence-corrected chi connectivity index (χ4v) is 5.44. The first-order chi connectivity index (χ1) is 14.2. The van der Waals surface area contributed by atoms with Crippen LogP contribution in [0.2, 0.25) is 0 Å². The minimum atomic E-state index is -3.77. The van der Waals surface area contributed by atoms with Crippen LogP contribution >= 0.6 is 0 Å². The second-order valence-electron chi connectivity index (χ2n) is 7.63. The van der Waals surface area contributed by atoms with E-state index in [4.69, 9.17) is 0 Å². The summed E-state index contributed by atoms with van der Waals surface area (Å²) >= 11 is 0. The fourth-order valence-electron chi connectivity index (χ4n) is 3.90. The molecule has 3 aromatic rings. The molecule has 3 heterocycles. The Balaban J connectivity index is 1.74. The molecule has 0 saturated carbocycles. The summed E-state index contributed by atoms with van der Waals surface area (Å²) < 4.78 is 27.0. The quantitative estimate of drug-likeness (QED) is 0.353. The summed E-state index contributed by atoms with van der Waals surface area (Å²) in [7, 11) is -3.77. The summed E-state index contributed by atoms with van der Waals surface area (Å²) in [4.78, 5) is 17.3. The molecule has 1 aromatic heterocycles. The second-order valence-corrected chi connectivity index (χ2v) is 9.57. The van der Waals surface area contributed by atoms with Gasteiger partial charge in [-0.05, 0) is 24.3 Å². The Labute approximate surface area is 171 Å². The van der Waals surface area contributed by atoms with Gasteiger partial charge in [-0.2, -0.15) is 4.31 Å². The maximum atomic E-state index is 12.9. The topological polar surface area (TPSA) is 137 Å². The summed E-state index contributed by atoms with van der Waals surface area (Å²) in [6, 6.07) is 8.97. The normalized spacial score (nSPS) is 18.5. The van der Waals surface area contributed by atoms with Crippen LogP contribution in [0.15, 0.2) is 41.3 Å². The molecule has 2 aliphatic heterocycles. The van der Waals surface area contributed by atoms with E-state index in [1.165, 1.54) is 28.6 Å². The molecule has 30 heavy (non-hydrogen) atoms. The van der Waals surface area contributed by atoms with E-state index in [1.54, 1.807) is 12.1 Å². The van der Waals surface area contributed by atoms with E-state index in [2.05, 4.69) is 4.98 Å². The number of nitro groups is 1. The highest BCUT2D eigenvalue weighted by Gasteiger charge is 2.36. The first-order valence-electron chi connectivity index (χ1n) is 9.37. The molecule has 2 N–H and O–H groups in total. The lowest BCUT2D eigenvalue weighted by Crippen LogP contribution is -2.53. The molecule has 0 radical (unpaired) electrons. The Kier molecular flexibility index (Phi) is 4.19. The van der Waals surface area contributed by atoms with E-state index in [1.807, 2.05) is 4.90 Å². The van der Waals surface area contributed by atoms with Crippen LogP contribution in [0.1, 0.15) is 0 Å². The minimum absolute atomic E-state index is 0.0493. The lowest BCUT2D eigenvalue weighted by Gasteiger charge is -2.39. The van der Waals surface area contributed by atoms with Crippen molar-refractivity contribution in [3.05, 3.63) is 46.5 Å². The van der Waals surface area contributed by atoms with Crippen molar-refractivity contribution in [3.8, 4) is 0 Å². The molecule has 0 spiro atoms. The lowest BCUT2D eigenvalue weighted by atomic mass is 10.0. The van der Waals surface area contributed by atoms with Gasteiger partial charge in [0.25, 0.3) is 5.69 Å². The van der Waals surface area contributed by atoms with E-state index in [-0.39, 0.29) is 23.7 Å². The molecule has 0 amide bonds. The Hall–Kier alpha value is -2.86. The third kappa shape index (κ3) is 2.89. The number of β-amino-alcohol motifs (C(OH)–C–C–N with tert-alkyl or cyclic N) is 2. The maximum absolute atomic E-state index is 12.9. The number of rotatable bonds is 4. The standard InChI is InChI=1S/C19H18N4O6S/c24-12-7-21(8-12)19-15-5-11(23(26)27)1-3-17(15)20-18-4-2-14(6-16(18)19)30(28,29)22-9-13(25)10-22/h1-6,12-13,24-25H,7-10H2. The molecule has 0 unspecified atom stereocenters. The van der Waals surface area contributed by atoms with Gasteiger partial charge in [-0.1, -0.05) is 0 Å². The van der Waals surface area contributed by atoms with Gasteiger partial charge < -0.3 is 15.1 Å². The number of nitro benzene ring substituents is 1. The first-order valence-corrected chi connectivity index (χ1v) is 10.8. The molecule has 2 fully saturated rings. The van der Waals surface area contributed by atoms with Gasteiger partial charge in [-0.15, -0.1) is 0 Å². The van der Waals surface area contributed by atoms with Crippen LogP contribution in [0.3, 0.4) is 0 Å². The van der Waals surface area contributed by atoms with Gasteiger partial charge in [0.05, 0.1) is 38.7 Å². The molecular weight excluding hydrogens is 412 g/mol. The van der Waals surface area contributed by atoms with E-state index in [9.17, 15) is 28.7 Å². The fraction of sp³-hybridized carbons (Fsp3) is 0.316. The molecule has 0 atom stereocenters. The molecule has 2 aromatic carbocycles. The van der Waals surface area contributed by atoms with Gasteiger partial charge >= 0.3 is 0 Å². The monoisotopic (exact) mass is 430 g/mol. The number of non-ortho nitro benzene ring substituents is 1. The third-order valence-corrected chi connectivity index (χ3v) is 7.38.